The number of hydrogen-bond acceptors (Lipinski definition) is 3. The number of carbonyl (C=O) groups is 2. The minimum Gasteiger partial charge on any atom is -0.368 e. The van der Waals surface area contributed by atoms with Gasteiger partial charge in [0.15, 0.2) is 0 Å². The number of piperazine rings is 1. The minimum atomic E-state index is -0.0311. The van der Waals surface area contributed by atoms with Crippen LogP contribution in [0.2, 0.25) is 0 Å². The van der Waals surface area contributed by atoms with E-state index in [0.29, 0.717) is 12.3 Å². The topological polar surface area (TPSA) is 52.7 Å². The lowest BCUT2D eigenvalue weighted by Crippen LogP contribution is -2.49. The fourth-order valence-electron chi connectivity index (χ4n) is 3.80. The van der Waals surface area contributed by atoms with E-state index >= 15 is 0 Å². The highest BCUT2D eigenvalue weighted by molar-refractivity contribution is 5.92. The summed E-state index contributed by atoms with van der Waals surface area (Å²) in [6, 6.07) is 7.97. The molecule has 0 bridgehead atoms. The van der Waals surface area contributed by atoms with Crippen LogP contribution in [0.15, 0.2) is 24.3 Å². The molecule has 156 valence electrons. The van der Waals surface area contributed by atoms with Crippen LogP contribution in [0.1, 0.15) is 54.4 Å². The molecule has 2 amide bonds. The van der Waals surface area contributed by atoms with Gasteiger partial charge in [-0.25, -0.2) is 0 Å². The molecular weight excluding hydrogens is 350 g/mol. The predicted molar refractivity (Wildman–Crippen MR) is 117 cm³/mol. The van der Waals surface area contributed by atoms with Crippen LogP contribution in [-0.4, -0.2) is 42.9 Å². The Bertz CT molecular complexity index is 653. The highest BCUT2D eigenvalue weighted by atomic mass is 16.2. The zero-order chi connectivity index (χ0) is 20.9. The van der Waals surface area contributed by atoms with E-state index in [9.17, 15) is 9.59 Å². The summed E-state index contributed by atoms with van der Waals surface area (Å²) in [5.74, 6) is 0.694. The van der Waals surface area contributed by atoms with Crippen LogP contribution < -0.4 is 10.2 Å². The van der Waals surface area contributed by atoms with Crippen LogP contribution in [0.3, 0.4) is 0 Å². The largest absolute Gasteiger partial charge is 0.368 e. The third-order valence-electron chi connectivity index (χ3n) is 5.14. The van der Waals surface area contributed by atoms with Gasteiger partial charge in [0.1, 0.15) is 0 Å². The van der Waals surface area contributed by atoms with Crippen LogP contribution in [0, 0.1) is 17.3 Å². The molecule has 1 fully saturated rings. The Kier molecular flexibility index (Phi) is 7.50. The molecule has 0 aliphatic carbocycles. The van der Waals surface area contributed by atoms with Crippen molar-refractivity contribution in [3.8, 4) is 0 Å². The van der Waals surface area contributed by atoms with Gasteiger partial charge in [-0.05, 0) is 42.0 Å². The molecule has 1 aliphatic heterocycles. The van der Waals surface area contributed by atoms with Gasteiger partial charge in [-0.2, -0.15) is 0 Å². The summed E-state index contributed by atoms with van der Waals surface area (Å²) < 4.78 is 0. The first kappa shape index (κ1) is 22.3. The number of rotatable bonds is 6. The summed E-state index contributed by atoms with van der Waals surface area (Å²) in [7, 11) is 0. The van der Waals surface area contributed by atoms with Crippen LogP contribution in [0.4, 0.5) is 11.4 Å². The van der Waals surface area contributed by atoms with E-state index in [4.69, 9.17) is 0 Å². The first-order chi connectivity index (χ1) is 13.0. The average Bonchev–Trinajstić information content (AvgIpc) is 2.60. The quantitative estimate of drug-likeness (QED) is 0.787. The molecule has 1 aliphatic rings. The summed E-state index contributed by atoms with van der Waals surface area (Å²) in [5.41, 5.74) is 2.22. The van der Waals surface area contributed by atoms with E-state index in [2.05, 4.69) is 37.9 Å². The smallest absolute Gasteiger partial charge is 0.226 e. The first-order valence-corrected chi connectivity index (χ1v) is 10.5. The number of nitrogens with zero attached hydrogens (tertiary/aromatic N) is 2. The van der Waals surface area contributed by atoms with Gasteiger partial charge in [0.2, 0.25) is 11.8 Å². The van der Waals surface area contributed by atoms with E-state index in [0.717, 1.165) is 44.0 Å². The maximum absolute atomic E-state index is 12.6. The fourth-order valence-corrected chi connectivity index (χ4v) is 3.80. The van der Waals surface area contributed by atoms with Crippen molar-refractivity contribution in [3.63, 3.8) is 0 Å². The molecule has 1 aromatic carbocycles. The second kappa shape index (κ2) is 9.44. The molecule has 1 aromatic rings. The lowest BCUT2D eigenvalue weighted by molar-refractivity contribution is -0.132. The number of benzene rings is 1. The number of hydrogen-bond donors (Lipinski definition) is 1. The van der Waals surface area contributed by atoms with Crippen molar-refractivity contribution >= 4 is 23.2 Å². The monoisotopic (exact) mass is 387 g/mol. The van der Waals surface area contributed by atoms with Crippen molar-refractivity contribution in [2.75, 3.05) is 36.4 Å². The minimum absolute atomic E-state index is 0.0283. The molecule has 0 spiro atoms. The molecule has 2 rings (SSSR count). The summed E-state index contributed by atoms with van der Waals surface area (Å²) in [6.45, 7) is 15.9. The number of amides is 2. The van der Waals surface area contributed by atoms with Crippen LogP contribution >= 0.6 is 0 Å². The molecule has 0 radical (unpaired) electrons. The maximum Gasteiger partial charge on any atom is 0.226 e. The normalized spacial score (nSPS) is 16.2. The number of carbonyl (C=O) groups excluding carboxylic acids is 2. The van der Waals surface area contributed by atoms with Gasteiger partial charge in [0.25, 0.3) is 0 Å². The lowest BCUT2D eigenvalue weighted by Gasteiger charge is -2.37. The van der Waals surface area contributed by atoms with Gasteiger partial charge in [-0.3, -0.25) is 9.59 Å². The Balaban J connectivity index is 1.83. The van der Waals surface area contributed by atoms with Crippen molar-refractivity contribution in [2.24, 2.45) is 17.3 Å². The van der Waals surface area contributed by atoms with Crippen LogP contribution in [0.25, 0.3) is 0 Å². The van der Waals surface area contributed by atoms with Crippen LogP contribution in [-0.2, 0) is 9.59 Å². The van der Waals surface area contributed by atoms with Gasteiger partial charge in [0, 0.05) is 49.9 Å². The molecule has 28 heavy (non-hydrogen) atoms. The molecule has 0 aromatic heterocycles. The summed E-state index contributed by atoms with van der Waals surface area (Å²) in [4.78, 5) is 28.7. The highest BCUT2D eigenvalue weighted by Crippen LogP contribution is 2.27. The Labute approximate surface area is 170 Å². The van der Waals surface area contributed by atoms with E-state index in [1.54, 1.807) is 0 Å². The second-order valence-corrected chi connectivity index (χ2v) is 9.63. The van der Waals surface area contributed by atoms with Gasteiger partial charge in [-0.1, -0.05) is 41.5 Å². The molecule has 5 heteroatoms. The van der Waals surface area contributed by atoms with E-state index in [-0.39, 0.29) is 23.1 Å². The lowest BCUT2D eigenvalue weighted by atomic mass is 9.84. The van der Waals surface area contributed by atoms with E-state index in [1.807, 2.05) is 43.0 Å². The third kappa shape index (κ3) is 6.84. The summed E-state index contributed by atoms with van der Waals surface area (Å²) in [6.07, 6.45) is 1.71. The van der Waals surface area contributed by atoms with Gasteiger partial charge in [-0.15, -0.1) is 0 Å². The van der Waals surface area contributed by atoms with Crippen molar-refractivity contribution in [1.82, 2.24) is 4.90 Å². The van der Waals surface area contributed by atoms with Crippen molar-refractivity contribution < 1.29 is 9.59 Å². The molecule has 1 N–H and O–H groups in total. The SMILES string of the molecule is CC(CC(=O)N1CCN(c2ccc(NC(=O)C(C)C)cc2)CC1)CC(C)(C)C. The molecule has 1 atom stereocenters. The molecule has 1 unspecified atom stereocenters. The Morgan fingerprint density at radius 1 is 1.00 bits per heavy atom. The van der Waals surface area contributed by atoms with Crippen molar-refractivity contribution in [1.29, 1.82) is 0 Å². The standard InChI is InChI=1S/C23H37N3O2/c1-17(2)22(28)24-19-7-9-20(10-8-19)25-11-13-26(14-12-25)21(27)15-18(3)16-23(4,5)6/h7-10,17-18H,11-16H2,1-6H3,(H,24,28). The van der Waals surface area contributed by atoms with Crippen LogP contribution in [0.5, 0.6) is 0 Å². The fraction of sp³-hybridized carbons (Fsp3) is 0.652. The van der Waals surface area contributed by atoms with Gasteiger partial charge in [0.05, 0.1) is 0 Å². The average molecular weight is 388 g/mol. The Morgan fingerprint density at radius 2 is 1.57 bits per heavy atom. The predicted octanol–water partition coefficient (Wildman–Crippen LogP) is 4.39. The number of anilines is 2. The Morgan fingerprint density at radius 3 is 2.07 bits per heavy atom. The molecule has 5 nitrogen and oxygen atoms in total. The van der Waals surface area contributed by atoms with Crippen molar-refractivity contribution in [2.45, 2.75) is 54.4 Å². The first-order valence-electron chi connectivity index (χ1n) is 10.5. The Hall–Kier alpha value is -2.04. The van der Waals surface area contributed by atoms with Crippen molar-refractivity contribution in [3.05, 3.63) is 24.3 Å². The molecular formula is C23H37N3O2. The summed E-state index contributed by atoms with van der Waals surface area (Å²) in [5, 5.41) is 2.92. The van der Waals surface area contributed by atoms with E-state index < -0.39 is 0 Å². The second-order valence-electron chi connectivity index (χ2n) is 9.63. The zero-order valence-corrected chi connectivity index (χ0v) is 18.4. The maximum atomic E-state index is 12.6. The van der Waals surface area contributed by atoms with E-state index in [1.165, 1.54) is 0 Å². The highest BCUT2D eigenvalue weighted by Gasteiger charge is 2.24. The molecule has 1 heterocycles. The third-order valence-corrected chi connectivity index (χ3v) is 5.14. The van der Waals surface area contributed by atoms with Gasteiger partial charge < -0.3 is 15.1 Å². The molecule has 1 saturated heterocycles. The number of nitrogens with one attached hydrogen (secondary N) is 1. The zero-order valence-electron chi connectivity index (χ0n) is 18.4. The molecule has 0 saturated carbocycles. The van der Waals surface area contributed by atoms with Gasteiger partial charge >= 0.3 is 0 Å². The summed E-state index contributed by atoms with van der Waals surface area (Å²) >= 11 is 0.